The highest BCUT2D eigenvalue weighted by atomic mass is 32.1. The van der Waals surface area contributed by atoms with Gasteiger partial charge in [0.2, 0.25) is 0 Å². The molecule has 2 aromatic heterocycles. The third-order valence-electron chi connectivity index (χ3n) is 5.91. The lowest BCUT2D eigenvalue weighted by Crippen LogP contribution is -2.34. The highest BCUT2D eigenvalue weighted by Crippen LogP contribution is 2.30. The van der Waals surface area contributed by atoms with Gasteiger partial charge < -0.3 is 14.4 Å². The van der Waals surface area contributed by atoms with Gasteiger partial charge in [0.05, 0.1) is 36.5 Å². The monoisotopic (exact) mass is 454 g/mol. The second-order valence-corrected chi connectivity index (χ2v) is 8.72. The van der Waals surface area contributed by atoms with E-state index in [-0.39, 0.29) is 5.91 Å². The topological polar surface area (TPSA) is 59.8 Å². The number of amides is 1. The number of fused-ring (bicyclic) bond motifs is 1. The van der Waals surface area contributed by atoms with E-state index in [1.54, 1.807) is 14.2 Å². The lowest BCUT2D eigenvalue weighted by atomic mass is 10.0. The average molecular weight is 455 g/mol. The predicted molar refractivity (Wildman–Crippen MR) is 126 cm³/mol. The van der Waals surface area contributed by atoms with Crippen molar-refractivity contribution >= 4 is 17.2 Å². The van der Waals surface area contributed by atoms with Crippen molar-refractivity contribution in [1.82, 2.24) is 19.6 Å². The lowest BCUT2D eigenvalue weighted by molar-refractivity contribution is 0.0681. The zero-order chi connectivity index (χ0) is 22.5. The van der Waals surface area contributed by atoms with Gasteiger partial charge in [-0.15, -0.1) is 11.3 Å². The minimum Gasteiger partial charge on any atom is -0.494 e. The number of ether oxygens (including phenoxy) is 2. The number of hydrogen-bond acceptors (Lipinski definition) is 6. The fraction of sp³-hybridized carbons (Fsp3) is 0.417. The van der Waals surface area contributed by atoms with E-state index in [1.165, 1.54) is 22.6 Å². The Bertz CT molecular complexity index is 1050. The van der Waals surface area contributed by atoms with E-state index in [4.69, 9.17) is 14.6 Å². The first-order chi connectivity index (χ1) is 15.7. The molecule has 0 unspecified atom stereocenters. The first-order valence-corrected chi connectivity index (χ1v) is 11.8. The van der Waals surface area contributed by atoms with Crippen LogP contribution in [0.4, 0.5) is 0 Å². The van der Waals surface area contributed by atoms with Crippen LogP contribution >= 0.6 is 11.3 Å². The molecule has 0 saturated heterocycles. The fourth-order valence-corrected chi connectivity index (χ4v) is 4.82. The number of para-hydroxylation sites is 2. The van der Waals surface area contributed by atoms with Crippen molar-refractivity contribution in [3.05, 3.63) is 63.6 Å². The maximum absolute atomic E-state index is 13.2. The van der Waals surface area contributed by atoms with Gasteiger partial charge >= 0.3 is 0 Å². The Hall–Kier alpha value is -2.68. The Morgan fingerprint density at radius 2 is 2.06 bits per heavy atom. The molecule has 0 bridgehead atoms. The lowest BCUT2D eigenvalue weighted by Gasteiger charge is -2.27. The standard InChI is InChI=1S/C24H30N4O3S/c1-4-26-12-11-20-18(16-26)19(25-28(20)21-8-5-6-9-22(21)31-3)17-27(13-14-30-2)24(29)23-10-7-15-32-23/h5-10,15H,4,11-14,16-17H2,1-3H3. The smallest absolute Gasteiger partial charge is 0.264 e. The van der Waals surface area contributed by atoms with E-state index in [0.717, 1.165) is 48.1 Å². The highest BCUT2D eigenvalue weighted by molar-refractivity contribution is 7.12. The highest BCUT2D eigenvalue weighted by Gasteiger charge is 2.28. The zero-order valence-corrected chi connectivity index (χ0v) is 19.7. The second kappa shape index (κ2) is 10.3. The summed E-state index contributed by atoms with van der Waals surface area (Å²) >= 11 is 1.46. The summed E-state index contributed by atoms with van der Waals surface area (Å²) in [6.07, 6.45) is 0.908. The summed E-state index contributed by atoms with van der Waals surface area (Å²) < 4.78 is 12.9. The molecule has 170 valence electrons. The number of hydrogen-bond donors (Lipinski definition) is 0. The van der Waals surface area contributed by atoms with Crippen LogP contribution in [0.5, 0.6) is 5.75 Å². The van der Waals surface area contributed by atoms with Gasteiger partial charge in [0, 0.05) is 38.7 Å². The van der Waals surface area contributed by atoms with Crippen LogP contribution < -0.4 is 4.74 Å². The number of benzene rings is 1. The van der Waals surface area contributed by atoms with Crippen molar-refractivity contribution < 1.29 is 14.3 Å². The molecule has 0 N–H and O–H groups in total. The molecule has 0 atom stereocenters. The molecule has 0 spiro atoms. The van der Waals surface area contributed by atoms with Gasteiger partial charge in [-0.2, -0.15) is 5.10 Å². The van der Waals surface area contributed by atoms with Crippen molar-refractivity contribution in [1.29, 1.82) is 0 Å². The second-order valence-electron chi connectivity index (χ2n) is 7.77. The SMILES string of the molecule is CCN1CCc2c(c(CN(CCOC)C(=O)c3cccs3)nn2-c2ccccc2OC)C1. The molecular formula is C24H30N4O3S. The van der Waals surface area contributed by atoms with E-state index in [2.05, 4.69) is 11.8 Å². The average Bonchev–Trinajstić information content (AvgIpc) is 3.49. The molecule has 1 aromatic carbocycles. The van der Waals surface area contributed by atoms with Gasteiger partial charge in [0.15, 0.2) is 0 Å². The van der Waals surface area contributed by atoms with Crippen LogP contribution in [-0.2, 0) is 24.2 Å². The molecule has 0 radical (unpaired) electrons. The van der Waals surface area contributed by atoms with E-state index in [9.17, 15) is 4.79 Å². The van der Waals surface area contributed by atoms with Crippen LogP contribution in [0.1, 0.15) is 33.5 Å². The predicted octanol–water partition coefficient (Wildman–Crippen LogP) is 3.61. The first-order valence-electron chi connectivity index (χ1n) is 10.9. The zero-order valence-electron chi connectivity index (χ0n) is 18.9. The molecule has 1 aliphatic heterocycles. The van der Waals surface area contributed by atoms with Gasteiger partial charge in [-0.25, -0.2) is 4.68 Å². The van der Waals surface area contributed by atoms with Gasteiger partial charge in [-0.05, 0) is 30.1 Å². The number of aromatic nitrogens is 2. The van der Waals surface area contributed by atoms with E-state index in [0.29, 0.717) is 19.7 Å². The number of thiophene rings is 1. The largest absolute Gasteiger partial charge is 0.494 e. The third-order valence-corrected chi connectivity index (χ3v) is 6.76. The first kappa shape index (κ1) is 22.5. The summed E-state index contributed by atoms with van der Waals surface area (Å²) in [6.45, 7) is 6.43. The van der Waals surface area contributed by atoms with Crippen molar-refractivity contribution in [2.24, 2.45) is 0 Å². The summed E-state index contributed by atoms with van der Waals surface area (Å²) in [6, 6.07) is 11.7. The Morgan fingerprint density at radius 3 is 2.78 bits per heavy atom. The number of methoxy groups -OCH3 is 2. The minimum atomic E-state index is 0.0146. The third kappa shape index (κ3) is 4.57. The van der Waals surface area contributed by atoms with Gasteiger partial charge in [0.25, 0.3) is 5.91 Å². The van der Waals surface area contributed by atoms with E-state index in [1.807, 2.05) is 51.4 Å². The van der Waals surface area contributed by atoms with Gasteiger partial charge in [-0.1, -0.05) is 25.1 Å². The molecule has 4 rings (SSSR count). The molecular weight excluding hydrogens is 424 g/mol. The van der Waals surface area contributed by atoms with Crippen molar-refractivity contribution in [2.45, 2.75) is 26.4 Å². The molecule has 1 aliphatic rings. The van der Waals surface area contributed by atoms with Gasteiger partial charge in [-0.3, -0.25) is 9.69 Å². The quantitative estimate of drug-likeness (QED) is 0.494. The minimum absolute atomic E-state index is 0.0146. The summed E-state index contributed by atoms with van der Waals surface area (Å²) in [5.41, 5.74) is 4.27. The molecule has 0 fully saturated rings. The summed E-state index contributed by atoms with van der Waals surface area (Å²) in [7, 11) is 3.34. The number of carbonyl (C=O) groups is 1. The van der Waals surface area contributed by atoms with Crippen LogP contribution in [0, 0.1) is 0 Å². The number of carbonyl (C=O) groups excluding carboxylic acids is 1. The van der Waals surface area contributed by atoms with Crippen molar-refractivity contribution in [3.63, 3.8) is 0 Å². The molecule has 8 heteroatoms. The Balaban J connectivity index is 1.73. The van der Waals surface area contributed by atoms with Crippen LogP contribution in [0.2, 0.25) is 0 Å². The maximum Gasteiger partial charge on any atom is 0.264 e. The number of rotatable bonds is 9. The van der Waals surface area contributed by atoms with E-state index >= 15 is 0 Å². The van der Waals surface area contributed by atoms with Crippen molar-refractivity contribution in [2.75, 3.05) is 40.5 Å². The Labute approximate surface area is 193 Å². The van der Waals surface area contributed by atoms with Crippen LogP contribution in [0.15, 0.2) is 41.8 Å². The van der Waals surface area contributed by atoms with Gasteiger partial charge in [0.1, 0.15) is 11.4 Å². The number of nitrogens with zero attached hydrogens (tertiary/aromatic N) is 4. The Morgan fingerprint density at radius 1 is 1.22 bits per heavy atom. The fourth-order valence-electron chi connectivity index (χ4n) is 4.13. The summed E-state index contributed by atoms with van der Waals surface area (Å²) in [5.74, 6) is 0.800. The normalized spacial score (nSPS) is 13.7. The number of likely N-dealkylation sites (N-methyl/N-ethyl adjacent to an activating group) is 1. The molecule has 0 aliphatic carbocycles. The van der Waals surface area contributed by atoms with Crippen LogP contribution in [0.3, 0.4) is 0 Å². The maximum atomic E-state index is 13.2. The van der Waals surface area contributed by atoms with Crippen LogP contribution in [-0.4, -0.2) is 65.9 Å². The summed E-state index contributed by atoms with van der Waals surface area (Å²) in [4.78, 5) is 18.2. The van der Waals surface area contributed by atoms with Crippen molar-refractivity contribution in [3.8, 4) is 11.4 Å². The van der Waals surface area contributed by atoms with E-state index < -0.39 is 0 Å². The molecule has 32 heavy (non-hydrogen) atoms. The molecule has 7 nitrogen and oxygen atoms in total. The molecule has 3 aromatic rings. The molecule has 1 amide bonds. The Kier molecular flexibility index (Phi) is 7.24. The molecule has 0 saturated carbocycles. The summed E-state index contributed by atoms with van der Waals surface area (Å²) in [5, 5.41) is 6.96. The van der Waals surface area contributed by atoms with Crippen LogP contribution in [0.25, 0.3) is 5.69 Å². The molecule has 3 heterocycles.